The molecule has 124 valence electrons. The van der Waals surface area contributed by atoms with Crippen LogP contribution in [0.3, 0.4) is 0 Å². The molecule has 0 unspecified atom stereocenters. The summed E-state index contributed by atoms with van der Waals surface area (Å²) in [6, 6.07) is 4.66. The number of nitrogens with one attached hydrogen (secondary N) is 1. The van der Waals surface area contributed by atoms with Gasteiger partial charge in [-0.1, -0.05) is 11.3 Å². The van der Waals surface area contributed by atoms with Gasteiger partial charge in [0.15, 0.2) is 5.13 Å². The Morgan fingerprint density at radius 2 is 2.26 bits per heavy atom. The average molecular weight is 337 g/mol. The Balaban J connectivity index is 1.58. The Kier molecular flexibility index (Phi) is 5.07. The van der Waals surface area contributed by atoms with Crippen LogP contribution in [-0.4, -0.2) is 44.2 Å². The number of piperidine rings is 1. The summed E-state index contributed by atoms with van der Waals surface area (Å²) < 4.78 is 19.1. The molecule has 0 saturated carbocycles. The van der Waals surface area contributed by atoms with E-state index >= 15 is 0 Å². The molecule has 1 saturated heterocycles. The third-order valence-corrected chi connectivity index (χ3v) is 5.16. The highest BCUT2D eigenvalue weighted by molar-refractivity contribution is 7.22. The van der Waals surface area contributed by atoms with Crippen molar-refractivity contribution in [1.82, 2.24) is 10.3 Å². The first-order chi connectivity index (χ1) is 11.2. The van der Waals surface area contributed by atoms with Crippen LogP contribution in [0.25, 0.3) is 10.2 Å². The van der Waals surface area contributed by atoms with Crippen LogP contribution in [0.15, 0.2) is 18.2 Å². The zero-order chi connectivity index (χ0) is 16.2. The van der Waals surface area contributed by atoms with Crippen LogP contribution in [0.2, 0.25) is 0 Å². The summed E-state index contributed by atoms with van der Waals surface area (Å²) in [4.78, 5) is 18.8. The Morgan fingerprint density at radius 1 is 1.48 bits per heavy atom. The van der Waals surface area contributed by atoms with E-state index in [0.29, 0.717) is 13.2 Å². The molecule has 0 aliphatic carbocycles. The first-order valence-electron chi connectivity index (χ1n) is 7.75. The molecule has 3 rings (SSSR count). The Labute approximate surface area is 138 Å². The van der Waals surface area contributed by atoms with Gasteiger partial charge in [-0.3, -0.25) is 4.79 Å². The molecule has 2 heterocycles. The molecule has 1 aromatic heterocycles. The van der Waals surface area contributed by atoms with Crippen LogP contribution in [0.4, 0.5) is 9.52 Å². The van der Waals surface area contributed by atoms with Gasteiger partial charge in [0.25, 0.3) is 0 Å². The number of amides is 1. The number of ether oxygens (including phenoxy) is 1. The lowest BCUT2D eigenvalue weighted by atomic mass is 9.96. The van der Waals surface area contributed by atoms with Crippen LogP contribution in [0.5, 0.6) is 0 Å². The largest absolute Gasteiger partial charge is 0.383 e. The number of fused-ring (bicyclic) bond motifs is 1. The first kappa shape index (κ1) is 16.1. The summed E-state index contributed by atoms with van der Waals surface area (Å²) in [5.74, 6) is -0.0814. The Hall–Kier alpha value is -1.73. The van der Waals surface area contributed by atoms with Gasteiger partial charge >= 0.3 is 0 Å². The van der Waals surface area contributed by atoms with E-state index in [1.807, 2.05) is 0 Å². The van der Waals surface area contributed by atoms with Crippen molar-refractivity contribution in [1.29, 1.82) is 0 Å². The highest BCUT2D eigenvalue weighted by Gasteiger charge is 2.26. The van der Waals surface area contributed by atoms with Crippen LogP contribution in [-0.2, 0) is 9.53 Å². The van der Waals surface area contributed by atoms with Crippen molar-refractivity contribution in [2.75, 3.05) is 38.3 Å². The molecule has 7 heteroatoms. The molecule has 0 spiro atoms. The van der Waals surface area contributed by atoms with Crippen molar-refractivity contribution in [3.05, 3.63) is 24.0 Å². The van der Waals surface area contributed by atoms with E-state index in [9.17, 15) is 9.18 Å². The second-order valence-electron chi connectivity index (χ2n) is 5.65. The summed E-state index contributed by atoms with van der Waals surface area (Å²) in [6.07, 6.45) is 1.62. The lowest BCUT2D eigenvalue weighted by molar-refractivity contribution is -0.125. The second-order valence-corrected chi connectivity index (χ2v) is 6.66. The highest BCUT2D eigenvalue weighted by atomic mass is 32.1. The van der Waals surface area contributed by atoms with Gasteiger partial charge in [-0.15, -0.1) is 0 Å². The second kappa shape index (κ2) is 7.23. The minimum atomic E-state index is -0.237. The van der Waals surface area contributed by atoms with Crippen molar-refractivity contribution in [2.24, 2.45) is 5.92 Å². The Morgan fingerprint density at radius 3 is 3.00 bits per heavy atom. The molecular formula is C16H20FN3O2S. The van der Waals surface area contributed by atoms with Gasteiger partial charge in [-0.05, 0) is 31.0 Å². The maximum atomic E-state index is 13.3. The lowest BCUT2D eigenvalue weighted by Gasteiger charge is -2.31. The van der Waals surface area contributed by atoms with Gasteiger partial charge < -0.3 is 15.0 Å². The molecule has 0 atom stereocenters. The number of carbonyl (C=O) groups excluding carboxylic acids is 1. The van der Waals surface area contributed by atoms with Crippen molar-refractivity contribution in [3.63, 3.8) is 0 Å². The zero-order valence-electron chi connectivity index (χ0n) is 13.0. The number of hydrogen-bond acceptors (Lipinski definition) is 5. The molecule has 23 heavy (non-hydrogen) atoms. The van der Waals surface area contributed by atoms with E-state index in [2.05, 4.69) is 15.2 Å². The summed E-state index contributed by atoms with van der Waals surface area (Å²) in [7, 11) is 1.62. The normalized spacial score (nSPS) is 16.0. The monoisotopic (exact) mass is 337 g/mol. The predicted octanol–water partition coefficient (Wildman–Crippen LogP) is 2.41. The van der Waals surface area contributed by atoms with Crippen molar-refractivity contribution in [2.45, 2.75) is 12.8 Å². The van der Waals surface area contributed by atoms with Crippen LogP contribution in [0, 0.1) is 11.7 Å². The highest BCUT2D eigenvalue weighted by Crippen LogP contribution is 2.31. The van der Waals surface area contributed by atoms with Gasteiger partial charge in [-0.25, -0.2) is 9.37 Å². The van der Waals surface area contributed by atoms with Crippen LogP contribution in [0.1, 0.15) is 12.8 Å². The fourth-order valence-electron chi connectivity index (χ4n) is 2.78. The van der Waals surface area contributed by atoms with E-state index in [1.165, 1.54) is 23.5 Å². The molecule has 1 aliphatic rings. The summed E-state index contributed by atoms with van der Waals surface area (Å²) in [6.45, 7) is 2.68. The number of methoxy groups -OCH3 is 1. The molecular weight excluding hydrogens is 317 g/mol. The SMILES string of the molecule is COCCNC(=O)C1CCN(c2nc3ccc(F)cc3s2)CC1. The number of thiazole rings is 1. The molecule has 1 N–H and O–H groups in total. The molecule has 1 aromatic carbocycles. The topological polar surface area (TPSA) is 54.5 Å². The molecule has 5 nitrogen and oxygen atoms in total. The van der Waals surface area contributed by atoms with E-state index in [1.54, 1.807) is 13.2 Å². The van der Waals surface area contributed by atoms with Gasteiger partial charge in [0, 0.05) is 32.7 Å². The molecule has 0 radical (unpaired) electrons. The number of anilines is 1. The zero-order valence-corrected chi connectivity index (χ0v) is 13.9. The molecule has 1 aliphatic heterocycles. The predicted molar refractivity (Wildman–Crippen MR) is 89.4 cm³/mol. The third-order valence-electron chi connectivity index (χ3n) is 4.08. The van der Waals surface area contributed by atoms with Gasteiger partial charge in [0.1, 0.15) is 5.82 Å². The maximum Gasteiger partial charge on any atom is 0.223 e. The fourth-order valence-corrected chi connectivity index (χ4v) is 3.82. The van der Waals surface area contributed by atoms with E-state index in [0.717, 1.165) is 41.3 Å². The number of rotatable bonds is 5. The molecule has 2 aromatic rings. The molecule has 0 bridgehead atoms. The Bertz CT molecular complexity index is 683. The van der Waals surface area contributed by atoms with Crippen molar-refractivity contribution < 1.29 is 13.9 Å². The smallest absolute Gasteiger partial charge is 0.223 e. The fraction of sp³-hybridized carbons (Fsp3) is 0.500. The van der Waals surface area contributed by atoms with E-state index < -0.39 is 0 Å². The van der Waals surface area contributed by atoms with Crippen LogP contribution >= 0.6 is 11.3 Å². The average Bonchev–Trinajstić information content (AvgIpc) is 2.98. The number of carbonyl (C=O) groups is 1. The summed E-state index contributed by atoms with van der Waals surface area (Å²) in [5, 5.41) is 3.80. The molecule has 1 amide bonds. The quantitative estimate of drug-likeness (QED) is 0.852. The maximum absolute atomic E-state index is 13.3. The number of benzene rings is 1. The van der Waals surface area contributed by atoms with Crippen molar-refractivity contribution in [3.8, 4) is 0 Å². The van der Waals surface area contributed by atoms with Gasteiger partial charge in [0.2, 0.25) is 5.91 Å². The molecule has 1 fully saturated rings. The number of halogens is 1. The lowest BCUT2D eigenvalue weighted by Crippen LogP contribution is -2.41. The van der Waals surface area contributed by atoms with Crippen LogP contribution < -0.4 is 10.2 Å². The number of aromatic nitrogens is 1. The minimum Gasteiger partial charge on any atom is -0.383 e. The number of hydrogen-bond donors (Lipinski definition) is 1. The summed E-state index contributed by atoms with van der Waals surface area (Å²) in [5.41, 5.74) is 0.825. The number of nitrogens with zero attached hydrogens (tertiary/aromatic N) is 2. The standard InChI is InChI=1S/C16H20FN3O2S/c1-22-9-6-18-15(21)11-4-7-20(8-5-11)16-19-13-3-2-12(17)10-14(13)23-16/h2-3,10-11H,4-9H2,1H3,(H,18,21). The minimum absolute atomic E-state index is 0.0509. The van der Waals surface area contributed by atoms with E-state index in [-0.39, 0.29) is 17.6 Å². The third kappa shape index (κ3) is 3.79. The van der Waals surface area contributed by atoms with Gasteiger partial charge in [-0.2, -0.15) is 0 Å². The van der Waals surface area contributed by atoms with Gasteiger partial charge in [0.05, 0.1) is 16.8 Å². The van der Waals surface area contributed by atoms with E-state index in [4.69, 9.17) is 4.74 Å². The summed E-state index contributed by atoms with van der Waals surface area (Å²) >= 11 is 1.50. The first-order valence-corrected chi connectivity index (χ1v) is 8.56. The van der Waals surface area contributed by atoms with Crippen molar-refractivity contribution >= 4 is 32.6 Å².